The molecule has 2 atom stereocenters. The van der Waals surface area contributed by atoms with Crippen molar-refractivity contribution in [2.24, 2.45) is 11.3 Å². The molecule has 0 saturated carbocycles. The summed E-state index contributed by atoms with van der Waals surface area (Å²) < 4.78 is 5.85. The fourth-order valence-corrected chi connectivity index (χ4v) is 4.55. The number of hydrogen-bond acceptors (Lipinski definition) is 5. The Hall–Kier alpha value is -1.92. The Bertz CT molecular complexity index is 692. The number of nitrogens with one attached hydrogen (secondary N) is 1. The summed E-state index contributed by atoms with van der Waals surface area (Å²) in [7, 11) is 0. The number of thiophene rings is 1. The van der Waals surface area contributed by atoms with Crippen LogP contribution in [0.15, 0.2) is 41.9 Å². The van der Waals surface area contributed by atoms with Crippen LogP contribution in [0.3, 0.4) is 0 Å². The highest BCUT2D eigenvalue weighted by atomic mass is 32.1. The Morgan fingerprint density at radius 2 is 2.33 bits per heavy atom. The average Bonchev–Trinajstić information content (AvgIpc) is 3.32. The first-order chi connectivity index (χ1) is 11.8. The summed E-state index contributed by atoms with van der Waals surface area (Å²) >= 11 is 1.77. The zero-order valence-corrected chi connectivity index (χ0v) is 14.3. The van der Waals surface area contributed by atoms with E-state index >= 15 is 0 Å². The zero-order chi connectivity index (χ0) is 16.4. The van der Waals surface area contributed by atoms with Gasteiger partial charge in [-0.1, -0.05) is 12.1 Å². The molecule has 2 aliphatic heterocycles. The third-order valence-electron chi connectivity index (χ3n) is 5.15. The van der Waals surface area contributed by atoms with Crippen molar-refractivity contribution >= 4 is 17.2 Å². The molecule has 0 aromatic carbocycles. The van der Waals surface area contributed by atoms with Crippen LogP contribution in [0, 0.1) is 11.3 Å². The van der Waals surface area contributed by atoms with Gasteiger partial charge in [-0.3, -0.25) is 9.69 Å². The van der Waals surface area contributed by atoms with Gasteiger partial charge in [0, 0.05) is 42.7 Å². The molecule has 0 aliphatic carbocycles. The minimum absolute atomic E-state index is 0.186. The Morgan fingerprint density at radius 3 is 3.12 bits per heavy atom. The lowest BCUT2D eigenvalue weighted by Crippen LogP contribution is -2.40. The van der Waals surface area contributed by atoms with Crippen molar-refractivity contribution in [3.8, 4) is 5.88 Å². The van der Waals surface area contributed by atoms with E-state index in [9.17, 15) is 4.79 Å². The fraction of sp³-hybridized carbons (Fsp3) is 0.444. The second-order valence-corrected chi connectivity index (χ2v) is 7.61. The summed E-state index contributed by atoms with van der Waals surface area (Å²) in [5.74, 6) is 1.01. The lowest BCUT2D eigenvalue weighted by molar-refractivity contribution is -0.128. The maximum atomic E-state index is 12.6. The van der Waals surface area contributed by atoms with E-state index in [4.69, 9.17) is 4.74 Å². The SMILES string of the molecule is O=C1NC[C@H](COc2ccccn2)[C@]12CCN(Cc1cccs1)C2. The number of carbonyl (C=O) groups excluding carboxylic acids is 1. The first-order valence-electron chi connectivity index (χ1n) is 8.33. The number of ether oxygens (including phenoxy) is 1. The van der Waals surface area contributed by atoms with Gasteiger partial charge < -0.3 is 10.1 Å². The zero-order valence-electron chi connectivity index (χ0n) is 13.5. The molecule has 1 spiro atoms. The van der Waals surface area contributed by atoms with E-state index in [0.717, 1.165) is 26.1 Å². The standard InChI is InChI=1S/C18H21N3O2S/c22-17-18(6-8-21(13-18)11-15-4-3-9-24-15)14(10-20-17)12-23-16-5-1-2-7-19-16/h1-5,7,9,14H,6,8,10-13H2,(H,20,22)/t14-,18-/m1/s1. The molecule has 5 nitrogen and oxygen atoms in total. The summed E-state index contributed by atoms with van der Waals surface area (Å²) in [5.41, 5.74) is -0.313. The van der Waals surface area contributed by atoms with E-state index in [1.165, 1.54) is 4.88 Å². The third kappa shape index (κ3) is 2.91. The molecular formula is C18H21N3O2S. The topological polar surface area (TPSA) is 54.5 Å². The van der Waals surface area contributed by atoms with Crippen LogP contribution in [0.25, 0.3) is 0 Å². The van der Waals surface area contributed by atoms with Gasteiger partial charge in [-0.05, 0) is 30.5 Å². The van der Waals surface area contributed by atoms with Gasteiger partial charge in [-0.2, -0.15) is 0 Å². The Kier molecular flexibility index (Phi) is 4.24. The van der Waals surface area contributed by atoms with Gasteiger partial charge in [-0.15, -0.1) is 11.3 Å². The van der Waals surface area contributed by atoms with Crippen LogP contribution in [-0.2, 0) is 11.3 Å². The maximum Gasteiger partial charge on any atom is 0.228 e. The second kappa shape index (κ2) is 6.53. The minimum Gasteiger partial charge on any atom is -0.477 e. The van der Waals surface area contributed by atoms with Crippen LogP contribution < -0.4 is 10.1 Å². The van der Waals surface area contributed by atoms with Gasteiger partial charge in [0.2, 0.25) is 11.8 Å². The molecule has 0 radical (unpaired) electrons. The van der Waals surface area contributed by atoms with Crippen molar-refractivity contribution in [2.45, 2.75) is 13.0 Å². The first kappa shape index (κ1) is 15.6. The molecule has 2 fully saturated rings. The Labute approximate surface area is 145 Å². The second-order valence-electron chi connectivity index (χ2n) is 6.58. The van der Waals surface area contributed by atoms with E-state index in [2.05, 4.69) is 32.7 Å². The predicted molar refractivity (Wildman–Crippen MR) is 92.9 cm³/mol. The molecule has 2 aromatic rings. The number of likely N-dealkylation sites (tertiary alicyclic amines) is 1. The van der Waals surface area contributed by atoms with Crippen LogP contribution >= 0.6 is 11.3 Å². The highest BCUT2D eigenvalue weighted by Gasteiger charge is 2.54. The molecule has 2 saturated heterocycles. The molecule has 2 aliphatic rings. The molecule has 2 aromatic heterocycles. The van der Waals surface area contributed by atoms with Crippen LogP contribution in [-0.4, -0.2) is 42.0 Å². The van der Waals surface area contributed by atoms with Crippen molar-refractivity contribution in [2.75, 3.05) is 26.2 Å². The van der Waals surface area contributed by atoms with Gasteiger partial charge in [-0.25, -0.2) is 4.98 Å². The molecule has 126 valence electrons. The number of aromatic nitrogens is 1. The number of hydrogen-bond donors (Lipinski definition) is 1. The summed E-state index contributed by atoms with van der Waals surface area (Å²) in [5, 5.41) is 5.16. The van der Waals surface area contributed by atoms with Crippen LogP contribution in [0.4, 0.5) is 0 Å². The van der Waals surface area contributed by atoms with E-state index in [1.54, 1.807) is 17.5 Å². The maximum absolute atomic E-state index is 12.6. The van der Waals surface area contributed by atoms with Crippen molar-refractivity contribution < 1.29 is 9.53 Å². The summed E-state index contributed by atoms with van der Waals surface area (Å²) in [4.78, 5) is 20.5. The number of carbonyl (C=O) groups is 1. The summed E-state index contributed by atoms with van der Waals surface area (Å²) in [6.45, 7) is 3.93. The quantitative estimate of drug-likeness (QED) is 0.904. The summed E-state index contributed by atoms with van der Waals surface area (Å²) in [6.07, 6.45) is 2.63. The molecular weight excluding hydrogens is 322 g/mol. The lowest BCUT2D eigenvalue weighted by Gasteiger charge is -2.28. The highest BCUT2D eigenvalue weighted by Crippen LogP contribution is 2.42. The third-order valence-corrected chi connectivity index (χ3v) is 6.01. The van der Waals surface area contributed by atoms with Crippen molar-refractivity contribution in [1.82, 2.24) is 15.2 Å². The van der Waals surface area contributed by atoms with Gasteiger partial charge in [0.15, 0.2) is 0 Å². The molecule has 0 unspecified atom stereocenters. The molecule has 0 bridgehead atoms. The van der Waals surface area contributed by atoms with Crippen molar-refractivity contribution in [3.63, 3.8) is 0 Å². The Balaban J connectivity index is 1.43. The van der Waals surface area contributed by atoms with E-state index in [0.29, 0.717) is 19.0 Å². The van der Waals surface area contributed by atoms with Crippen molar-refractivity contribution in [3.05, 3.63) is 46.8 Å². The molecule has 1 N–H and O–H groups in total. The fourth-order valence-electron chi connectivity index (χ4n) is 3.80. The average molecular weight is 343 g/mol. The first-order valence-corrected chi connectivity index (χ1v) is 9.21. The van der Waals surface area contributed by atoms with Gasteiger partial charge in [0.1, 0.15) is 0 Å². The van der Waals surface area contributed by atoms with Gasteiger partial charge in [0.05, 0.1) is 12.0 Å². The highest BCUT2D eigenvalue weighted by molar-refractivity contribution is 7.09. The number of amides is 1. The smallest absolute Gasteiger partial charge is 0.228 e. The van der Waals surface area contributed by atoms with E-state index in [-0.39, 0.29) is 17.2 Å². The molecule has 1 amide bonds. The molecule has 6 heteroatoms. The monoisotopic (exact) mass is 343 g/mol. The molecule has 24 heavy (non-hydrogen) atoms. The largest absolute Gasteiger partial charge is 0.477 e. The van der Waals surface area contributed by atoms with Gasteiger partial charge in [0.25, 0.3) is 0 Å². The number of nitrogens with zero attached hydrogens (tertiary/aromatic N) is 2. The summed E-state index contributed by atoms with van der Waals surface area (Å²) in [6, 6.07) is 9.88. The number of pyridine rings is 1. The van der Waals surface area contributed by atoms with Crippen LogP contribution in [0.5, 0.6) is 5.88 Å². The minimum atomic E-state index is -0.313. The number of rotatable bonds is 5. The molecule has 4 rings (SSSR count). The van der Waals surface area contributed by atoms with Crippen LogP contribution in [0.1, 0.15) is 11.3 Å². The Morgan fingerprint density at radius 1 is 1.38 bits per heavy atom. The van der Waals surface area contributed by atoms with Crippen molar-refractivity contribution in [1.29, 1.82) is 0 Å². The normalized spacial score (nSPS) is 26.8. The molecule has 4 heterocycles. The predicted octanol–water partition coefficient (Wildman–Crippen LogP) is 2.16. The van der Waals surface area contributed by atoms with E-state index < -0.39 is 0 Å². The van der Waals surface area contributed by atoms with Gasteiger partial charge >= 0.3 is 0 Å². The van der Waals surface area contributed by atoms with E-state index in [1.807, 2.05) is 18.2 Å². The van der Waals surface area contributed by atoms with Crippen LogP contribution in [0.2, 0.25) is 0 Å². The lowest BCUT2D eigenvalue weighted by atomic mass is 9.77.